The third-order valence-corrected chi connectivity index (χ3v) is 5.00. The van der Waals surface area contributed by atoms with E-state index in [1.165, 1.54) is 14.0 Å². The molecule has 6 nitrogen and oxygen atoms in total. The van der Waals surface area contributed by atoms with Crippen molar-refractivity contribution in [1.82, 2.24) is 15.2 Å². The van der Waals surface area contributed by atoms with Crippen molar-refractivity contribution in [2.24, 2.45) is 0 Å². The number of rotatable bonds is 4. The molecule has 1 aliphatic heterocycles. The average molecular weight is 401 g/mol. The smallest absolute Gasteiger partial charge is 0.369 e. The first-order valence-electron chi connectivity index (χ1n) is 9.16. The molecule has 9 heteroatoms. The molecule has 1 atom stereocenters. The third kappa shape index (κ3) is 5.21. The van der Waals surface area contributed by atoms with Crippen LogP contribution in [0.2, 0.25) is 0 Å². The van der Waals surface area contributed by atoms with Crippen LogP contribution in [0.25, 0.3) is 0 Å². The van der Waals surface area contributed by atoms with Crippen LogP contribution in [0.5, 0.6) is 0 Å². The van der Waals surface area contributed by atoms with Gasteiger partial charge in [-0.3, -0.25) is 9.59 Å². The Morgan fingerprint density at radius 2 is 1.89 bits per heavy atom. The van der Waals surface area contributed by atoms with Gasteiger partial charge in [-0.1, -0.05) is 0 Å². The summed E-state index contributed by atoms with van der Waals surface area (Å²) in [6, 6.07) is 1.79. The molecule has 0 unspecified atom stereocenters. The van der Waals surface area contributed by atoms with Crippen molar-refractivity contribution < 1.29 is 27.5 Å². The molecule has 1 aromatic heterocycles. The van der Waals surface area contributed by atoms with E-state index in [-0.39, 0.29) is 23.2 Å². The molecule has 1 saturated heterocycles. The van der Waals surface area contributed by atoms with Crippen molar-refractivity contribution in [3.05, 3.63) is 29.1 Å². The quantitative estimate of drug-likeness (QED) is 0.842. The number of aromatic nitrogens is 1. The second-order valence-electron chi connectivity index (χ2n) is 7.44. The average Bonchev–Trinajstić information content (AvgIpc) is 2.85. The van der Waals surface area contributed by atoms with Gasteiger partial charge in [0.2, 0.25) is 0 Å². The Morgan fingerprint density at radius 3 is 2.46 bits per heavy atom. The fraction of sp³-hybridized carbons (Fsp3) is 0.632. The molecule has 0 spiro atoms. The highest BCUT2D eigenvalue weighted by Gasteiger charge is 2.34. The number of nitrogens with zero attached hydrogens (tertiary/aromatic N) is 2. The van der Waals surface area contributed by atoms with Crippen molar-refractivity contribution in [3.8, 4) is 0 Å². The molecule has 28 heavy (non-hydrogen) atoms. The van der Waals surface area contributed by atoms with E-state index in [2.05, 4.69) is 10.3 Å². The summed E-state index contributed by atoms with van der Waals surface area (Å²) >= 11 is 0. The fourth-order valence-corrected chi connectivity index (χ4v) is 3.13. The number of carbonyl (C=O) groups excluding carboxylic acids is 2. The zero-order valence-corrected chi connectivity index (χ0v) is 16.5. The second-order valence-corrected chi connectivity index (χ2v) is 7.44. The SMILES string of the molecule is COC(C)(C)C(=O)N1CCC[C@@H](NC(=O)c2ccc(C(F)(F)F)nc2C)CC1. The summed E-state index contributed by atoms with van der Waals surface area (Å²) in [6.07, 6.45) is -2.60. The van der Waals surface area contributed by atoms with E-state index < -0.39 is 23.4 Å². The predicted octanol–water partition coefficient (Wildman–Crippen LogP) is 2.94. The van der Waals surface area contributed by atoms with Crippen LogP contribution in [-0.4, -0.2) is 53.5 Å². The van der Waals surface area contributed by atoms with E-state index in [1.54, 1.807) is 18.7 Å². The van der Waals surface area contributed by atoms with Gasteiger partial charge in [0.25, 0.3) is 11.8 Å². The van der Waals surface area contributed by atoms with Crippen LogP contribution in [0.1, 0.15) is 54.9 Å². The zero-order valence-electron chi connectivity index (χ0n) is 16.5. The lowest BCUT2D eigenvalue weighted by Crippen LogP contribution is -2.47. The Balaban J connectivity index is 2.01. The van der Waals surface area contributed by atoms with Gasteiger partial charge in [-0.25, -0.2) is 4.98 Å². The van der Waals surface area contributed by atoms with E-state index >= 15 is 0 Å². The number of hydrogen-bond donors (Lipinski definition) is 1. The number of carbonyl (C=O) groups is 2. The minimum atomic E-state index is -4.55. The first kappa shape index (κ1) is 22.1. The lowest BCUT2D eigenvalue weighted by atomic mass is 10.1. The van der Waals surface area contributed by atoms with Gasteiger partial charge in [0.1, 0.15) is 11.3 Å². The normalized spacial score (nSPS) is 18.5. The van der Waals surface area contributed by atoms with Gasteiger partial charge in [-0.2, -0.15) is 13.2 Å². The summed E-state index contributed by atoms with van der Waals surface area (Å²) in [7, 11) is 1.49. The van der Waals surface area contributed by atoms with Crippen molar-refractivity contribution >= 4 is 11.8 Å². The number of pyridine rings is 1. The number of methoxy groups -OCH3 is 1. The second kappa shape index (κ2) is 8.46. The number of amides is 2. The van der Waals surface area contributed by atoms with Gasteiger partial charge in [0.05, 0.1) is 11.3 Å². The Hall–Kier alpha value is -2.16. The van der Waals surface area contributed by atoms with Crippen molar-refractivity contribution in [2.75, 3.05) is 20.2 Å². The fourth-order valence-electron chi connectivity index (χ4n) is 3.13. The molecule has 0 radical (unpaired) electrons. The summed E-state index contributed by atoms with van der Waals surface area (Å²) in [5.74, 6) is -0.564. The van der Waals surface area contributed by atoms with Crippen LogP contribution in [0.4, 0.5) is 13.2 Å². The Morgan fingerprint density at radius 1 is 1.21 bits per heavy atom. The predicted molar refractivity (Wildman–Crippen MR) is 96.7 cm³/mol. The van der Waals surface area contributed by atoms with Gasteiger partial charge in [0.15, 0.2) is 0 Å². The monoisotopic (exact) mass is 401 g/mol. The number of ether oxygens (including phenoxy) is 1. The third-order valence-electron chi connectivity index (χ3n) is 5.00. The van der Waals surface area contributed by atoms with Gasteiger partial charge in [-0.05, 0) is 52.2 Å². The molecule has 2 heterocycles. The molecule has 156 valence electrons. The number of nitrogens with one attached hydrogen (secondary N) is 1. The van der Waals surface area contributed by atoms with Crippen LogP contribution >= 0.6 is 0 Å². The highest BCUT2D eigenvalue weighted by molar-refractivity contribution is 5.95. The van der Waals surface area contributed by atoms with Gasteiger partial charge in [-0.15, -0.1) is 0 Å². The number of hydrogen-bond acceptors (Lipinski definition) is 4. The van der Waals surface area contributed by atoms with Crippen LogP contribution in [-0.2, 0) is 15.7 Å². The Bertz CT molecular complexity index is 735. The molecule has 0 bridgehead atoms. The molecule has 1 N–H and O–H groups in total. The first-order valence-corrected chi connectivity index (χ1v) is 9.16. The first-order chi connectivity index (χ1) is 13.0. The van der Waals surface area contributed by atoms with E-state index in [0.29, 0.717) is 32.4 Å². The van der Waals surface area contributed by atoms with Crippen LogP contribution in [0, 0.1) is 6.92 Å². The maximum atomic E-state index is 12.7. The number of alkyl halides is 3. The van der Waals surface area contributed by atoms with Crippen molar-refractivity contribution in [1.29, 1.82) is 0 Å². The van der Waals surface area contributed by atoms with E-state index in [0.717, 1.165) is 12.1 Å². The standard InChI is InChI=1S/C19H26F3N3O3/c1-12-14(7-8-15(23-12)19(20,21)22)16(26)24-13-6-5-10-25(11-9-13)17(27)18(2,3)28-4/h7-8,13H,5-6,9-11H2,1-4H3,(H,24,26)/t13-/m1/s1. The number of halogens is 3. The van der Waals surface area contributed by atoms with Crippen LogP contribution in [0.3, 0.4) is 0 Å². The molecule has 0 aromatic carbocycles. The number of likely N-dealkylation sites (tertiary alicyclic amines) is 1. The summed E-state index contributed by atoms with van der Waals surface area (Å²) < 4.78 is 43.4. The number of aryl methyl sites for hydroxylation is 1. The highest BCUT2D eigenvalue weighted by atomic mass is 19.4. The maximum Gasteiger partial charge on any atom is 0.433 e. The maximum absolute atomic E-state index is 12.7. The Labute approximate surface area is 162 Å². The molecule has 2 amide bonds. The molecule has 1 aromatic rings. The van der Waals surface area contributed by atoms with Crippen molar-refractivity contribution in [3.63, 3.8) is 0 Å². The molecule has 0 aliphatic carbocycles. The van der Waals surface area contributed by atoms with Crippen LogP contribution < -0.4 is 5.32 Å². The summed E-state index contributed by atoms with van der Waals surface area (Å²) in [5.41, 5.74) is -1.79. The zero-order chi connectivity index (χ0) is 21.1. The van der Waals surface area contributed by atoms with E-state index in [9.17, 15) is 22.8 Å². The topological polar surface area (TPSA) is 71.5 Å². The summed E-state index contributed by atoms with van der Waals surface area (Å²) in [4.78, 5) is 30.2. The molecular formula is C19H26F3N3O3. The van der Waals surface area contributed by atoms with Crippen LogP contribution in [0.15, 0.2) is 12.1 Å². The minimum Gasteiger partial charge on any atom is -0.369 e. The Kier molecular flexibility index (Phi) is 6.69. The minimum absolute atomic E-state index is 0.0274. The summed E-state index contributed by atoms with van der Waals surface area (Å²) in [5, 5.41) is 2.86. The highest BCUT2D eigenvalue weighted by Crippen LogP contribution is 2.28. The molecule has 0 saturated carbocycles. The molecule has 2 rings (SSSR count). The van der Waals surface area contributed by atoms with Gasteiger partial charge < -0.3 is 15.0 Å². The van der Waals surface area contributed by atoms with E-state index in [1.807, 2.05) is 0 Å². The molecule has 1 aliphatic rings. The van der Waals surface area contributed by atoms with E-state index in [4.69, 9.17) is 4.74 Å². The molecule has 1 fully saturated rings. The largest absolute Gasteiger partial charge is 0.433 e. The molecular weight excluding hydrogens is 375 g/mol. The van der Waals surface area contributed by atoms with Gasteiger partial charge >= 0.3 is 6.18 Å². The van der Waals surface area contributed by atoms with Crippen molar-refractivity contribution in [2.45, 2.75) is 57.9 Å². The van der Waals surface area contributed by atoms with Gasteiger partial charge in [0, 0.05) is 26.2 Å². The lowest BCUT2D eigenvalue weighted by molar-refractivity contribution is -0.151. The summed E-state index contributed by atoms with van der Waals surface area (Å²) in [6.45, 7) is 5.84. The lowest BCUT2D eigenvalue weighted by Gasteiger charge is -2.30.